The molecule has 110 valence electrons. The first-order valence-electron chi connectivity index (χ1n) is 6.05. The molecule has 2 rings (SSSR count). The van der Waals surface area contributed by atoms with E-state index in [1.807, 2.05) is 0 Å². The molecule has 0 radical (unpaired) electrons. The fraction of sp³-hybridized carbons (Fsp3) is 0.133. The molecule has 0 aliphatic rings. The number of aryl methyl sites for hydroxylation is 1. The van der Waals surface area contributed by atoms with Crippen molar-refractivity contribution in [2.75, 3.05) is 6.61 Å². The van der Waals surface area contributed by atoms with E-state index in [9.17, 15) is 19.4 Å². The minimum Gasteiger partial charge on any atom is -0.508 e. The van der Waals surface area contributed by atoms with Crippen LogP contribution in [0.3, 0.4) is 0 Å². The Labute approximate surface area is 119 Å². The Bertz CT molecular complexity index is 673. The van der Waals surface area contributed by atoms with Crippen LogP contribution in [0.15, 0.2) is 30.3 Å². The number of ether oxygens (including phenoxy) is 1. The molecule has 2 aromatic rings. The number of aromatic hydroxyl groups is 3. The number of benzene rings is 2. The maximum Gasteiger partial charge on any atom is 0.207 e. The number of Topliss-reactive ketones (excluding diaryl/α,β-unsaturated/α-hetero) is 1. The van der Waals surface area contributed by atoms with Crippen LogP contribution in [0.4, 0.5) is 4.39 Å². The minimum atomic E-state index is -0.703. The third-order valence-corrected chi connectivity index (χ3v) is 2.87. The van der Waals surface area contributed by atoms with E-state index in [0.29, 0.717) is 5.56 Å². The summed E-state index contributed by atoms with van der Waals surface area (Å²) in [6.45, 7) is 1.10. The van der Waals surface area contributed by atoms with Gasteiger partial charge in [0, 0.05) is 18.2 Å². The summed E-state index contributed by atoms with van der Waals surface area (Å²) in [5, 5.41) is 28.3. The molecule has 0 aliphatic heterocycles. The summed E-state index contributed by atoms with van der Waals surface area (Å²) >= 11 is 0. The Morgan fingerprint density at radius 2 is 1.76 bits per heavy atom. The van der Waals surface area contributed by atoms with Crippen molar-refractivity contribution in [3.63, 3.8) is 0 Å². The van der Waals surface area contributed by atoms with Gasteiger partial charge in [-0.25, -0.2) is 4.39 Å². The van der Waals surface area contributed by atoms with Crippen molar-refractivity contribution in [3.8, 4) is 23.0 Å². The molecule has 2 aromatic carbocycles. The summed E-state index contributed by atoms with van der Waals surface area (Å²) in [7, 11) is 0. The molecule has 21 heavy (non-hydrogen) atoms. The molecule has 5 nitrogen and oxygen atoms in total. The lowest BCUT2D eigenvalue weighted by Gasteiger charge is -2.09. The molecule has 0 bridgehead atoms. The Hall–Kier alpha value is -2.76. The number of carbonyl (C=O) groups is 1. The summed E-state index contributed by atoms with van der Waals surface area (Å²) in [6, 6.07) is 6.00. The molecule has 0 heterocycles. The van der Waals surface area contributed by atoms with Crippen LogP contribution < -0.4 is 4.74 Å². The van der Waals surface area contributed by atoms with Gasteiger partial charge in [0.15, 0.2) is 6.61 Å². The highest BCUT2D eigenvalue weighted by molar-refractivity contribution is 6.02. The van der Waals surface area contributed by atoms with Crippen LogP contribution in [-0.2, 0) is 0 Å². The maximum atomic E-state index is 13.3. The second kappa shape index (κ2) is 5.70. The van der Waals surface area contributed by atoms with Gasteiger partial charge in [0.25, 0.3) is 0 Å². The summed E-state index contributed by atoms with van der Waals surface area (Å²) < 4.78 is 18.5. The number of hydrogen-bond donors (Lipinski definition) is 3. The van der Waals surface area contributed by atoms with Crippen molar-refractivity contribution in [3.05, 3.63) is 47.3 Å². The van der Waals surface area contributed by atoms with E-state index in [0.717, 1.165) is 18.2 Å². The van der Waals surface area contributed by atoms with Crippen LogP contribution in [0.25, 0.3) is 0 Å². The zero-order valence-electron chi connectivity index (χ0n) is 11.1. The highest BCUT2D eigenvalue weighted by Gasteiger charge is 2.18. The average Bonchev–Trinajstić information content (AvgIpc) is 2.39. The second-order valence-electron chi connectivity index (χ2n) is 4.48. The van der Waals surface area contributed by atoms with Gasteiger partial charge in [-0.2, -0.15) is 0 Å². The average molecular weight is 292 g/mol. The molecular formula is C15H13FO5. The lowest BCUT2D eigenvalue weighted by Crippen LogP contribution is -2.12. The quantitative estimate of drug-likeness (QED) is 0.754. The van der Waals surface area contributed by atoms with E-state index in [4.69, 9.17) is 9.84 Å². The number of rotatable bonds is 4. The third kappa shape index (κ3) is 3.22. The zero-order valence-corrected chi connectivity index (χ0v) is 11.1. The highest BCUT2D eigenvalue weighted by Crippen LogP contribution is 2.32. The first kappa shape index (κ1) is 14.6. The van der Waals surface area contributed by atoms with E-state index in [1.54, 1.807) is 6.92 Å². The molecule has 0 saturated carbocycles. The predicted molar refractivity (Wildman–Crippen MR) is 72.4 cm³/mol. The van der Waals surface area contributed by atoms with Crippen molar-refractivity contribution in [2.24, 2.45) is 0 Å². The van der Waals surface area contributed by atoms with Crippen molar-refractivity contribution < 1.29 is 29.2 Å². The predicted octanol–water partition coefficient (Wildman–Crippen LogP) is 2.51. The van der Waals surface area contributed by atoms with E-state index in [-0.39, 0.29) is 17.1 Å². The maximum absolute atomic E-state index is 13.3. The van der Waals surface area contributed by atoms with Crippen LogP contribution in [0, 0.1) is 12.7 Å². The number of phenols is 3. The number of hydrogen-bond acceptors (Lipinski definition) is 5. The van der Waals surface area contributed by atoms with Gasteiger partial charge >= 0.3 is 0 Å². The van der Waals surface area contributed by atoms with Crippen molar-refractivity contribution in [2.45, 2.75) is 6.92 Å². The van der Waals surface area contributed by atoms with Crippen LogP contribution in [-0.4, -0.2) is 27.7 Å². The first-order chi connectivity index (χ1) is 9.88. The molecule has 0 aromatic heterocycles. The number of halogens is 1. The van der Waals surface area contributed by atoms with Gasteiger partial charge in [-0.05, 0) is 18.6 Å². The molecule has 0 unspecified atom stereocenters. The molecule has 0 fully saturated rings. The van der Waals surface area contributed by atoms with Gasteiger partial charge in [-0.15, -0.1) is 0 Å². The molecule has 0 saturated heterocycles. The van der Waals surface area contributed by atoms with Crippen LogP contribution in [0.2, 0.25) is 0 Å². The van der Waals surface area contributed by atoms with Gasteiger partial charge in [0.05, 0.1) is 0 Å². The van der Waals surface area contributed by atoms with Gasteiger partial charge in [-0.3, -0.25) is 4.79 Å². The lowest BCUT2D eigenvalue weighted by molar-refractivity contribution is 0.0915. The fourth-order valence-corrected chi connectivity index (χ4v) is 1.77. The fourth-order valence-electron chi connectivity index (χ4n) is 1.77. The standard InChI is InChI=1S/C15H13FO5/c1-8-2-3-10(6-11(8)16)21-7-14(20)15-12(18)4-9(17)5-13(15)19/h2-6,17-19H,7H2,1H3. The van der Waals surface area contributed by atoms with E-state index >= 15 is 0 Å². The monoisotopic (exact) mass is 292 g/mol. The van der Waals surface area contributed by atoms with E-state index in [1.165, 1.54) is 12.1 Å². The van der Waals surface area contributed by atoms with Crippen LogP contribution >= 0.6 is 0 Å². The van der Waals surface area contributed by atoms with E-state index < -0.39 is 29.7 Å². The van der Waals surface area contributed by atoms with Gasteiger partial charge < -0.3 is 20.1 Å². The summed E-state index contributed by atoms with van der Waals surface area (Å²) in [5.74, 6) is -2.50. The van der Waals surface area contributed by atoms with Crippen molar-refractivity contribution in [1.82, 2.24) is 0 Å². The normalized spacial score (nSPS) is 10.4. The zero-order chi connectivity index (χ0) is 15.6. The molecule has 0 aliphatic carbocycles. The summed E-state index contributed by atoms with van der Waals surface area (Å²) in [5.41, 5.74) is 0.0860. The van der Waals surface area contributed by atoms with Gasteiger partial charge in [-0.1, -0.05) is 6.07 Å². The first-order valence-corrected chi connectivity index (χ1v) is 6.05. The Balaban J connectivity index is 2.13. The largest absolute Gasteiger partial charge is 0.508 e. The van der Waals surface area contributed by atoms with Crippen molar-refractivity contribution in [1.29, 1.82) is 0 Å². The number of phenolic OH excluding ortho intramolecular Hbond substituents is 3. The van der Waals surface area contributed by atoms with Crippen LogP contribution in [0.5, 0.6) is 23.0 Å². The highest BCUT2D eigenvalue weighted by atomic mass is 19.1. The SMILES string of the molecule is Cc1ccc(OCC(=O)c2c(O)cc(O)cc2O)cc1F. The molecule has 0 spiro atoms. The van der Waals surface area contributed by atoms with Gasteiger partial charge in [0.2, 0.25) is 5.78 Å². The summed E-state index contributed by atoms with van der Waals surface area (Å²) in [6.07, 6.45) is 0. The van der Waals surface area contributed by atoms with Crippen LogP contribution in [0.1, 0.15) is 15.9 Å². The molecule has 6 heteroatoms. The third-order valence-electron chi connectivity index (χ3n) is 2.87. The Morgan fingerprint density at radius 3 is 2.33 bits per heavy atom. The van der Waals surface area contributed by atoms with Gasteiger partial charge in [0.1, 0.15) is 34.4 Å². The number of ketones is 1. The Kier molecular flexibility index (Phi) is 3.98. The summed E-state index contributed by atoms with van der Waals surface area (Å²) in [4.78, 5) is 11.9. The molecule has 0 atom stereocenters. The molecule has 3 N–H and O–H groups in total. The minimum absolute atomic E-state index is 0.157. The smallest absolute Gasteiger partial charge is 0.207 e. The molecule has 0 amide bonds. The molecular weight excluding hydrogens is 279 g/mol. The topological polar surface area (TPSA) is 87.0 Å². The van der Waals surface area contributed by atoms with E-state index in [2.05, 4.69) is 0 Å². The lowest BCUT2D eigenvalue weighted by atomic mass is 10.1. The Morgan fingerprint density at radius 1 is 1.14 bits per heavy atom. The second-order valence-corrected chi connectivity index (χ2v) is 4.48. The van der Waals surface area contributed by atoms with Crippen molar-refractivity contribution >= 4 is 5.78 Å². The number of carbonyl (C=O) groups excluding carboxylic acids is 1.